The predicted octanol–water partition coefficient (Wildman–Crippen LogP) is 9.13. The van der Waals surface area contributed by atoms with Gasteiger partial charge in [-0.3, -0.25) is 4.79 Å². The van der Waals surface area contributed by atoms with Gasteiger partial charge >= 0.3 is 12.4 Å². The van der Waals surface area contributed by atoms with Gasteiger partial charge in [-0.15, -0.1) is 0 Å². The van der Waals surface area contributed by atoms with Gasteiger partial charge in [-0.1, -0.05) is 42.5 Å². The van der Waals surface area contributed by atoms with Crippen molar-refractivity contribution in [3.8, 4) is 0 Å². The molecule has 43 heavy (non-hydrogen) atoms. The van der Waals surface area contributed by atoms with E-state index < -0.39 is 35.3 Å². The molecule has 1 aliphatic carbocycles. The average molecular weight is 606 g/mol. The Morgan fingerprint density at radius 1 is 0.767 bits per heavy atom. The van der Waals surface area contributed by atoms with Crippen molar-refractivity contribution < 1.29 is 35.5 Å². The monoisotopic (exact) mass is 605 g/mol. The van der Waals surface area contributed by atoms with E-state index in [4.69, 9.17) is 0 Å². The zero-order chi connectivity index (χ0) is 30.8. The van der Waals surface area contributed by atoms with Crippen LogP contribution in [0.25, 0.3) is 0 Å². The van der Waals surface area contributed by atoms with E-state index in [9.17, 15) is 35.5 Å². The van der Waals surface area contributed by atoms with Crippen LogP contribution >= 0.6 is 0 Å². The number of carbonyl (C=O) groups excluding carboxylic acids is 1. The largest absolute Gasteiger partial charge is 0.416 e. The molecule has 0 atom stereocenters. The van der Waals surface area contributed by atoms with Gasteiger partial charge in [-0.25, -0.2) is 4.39 Å². The van der Waals surface area contributed by atoms with Gasteiger partial charge in [-0.05, 0) is 105 Å². The molecule has 0 spiro atoms. The molecule has 0 bridgehead atoms. The fraction of sp³-hybridized carbons (Fsp3) is 0.441. The van der Waals surface area contributed by atoms with Crippen LogP contribution in [0.2, 0.25) is 0 Å². The standard InChI is InChI=1S/C34H34F7NO/c35-29-8-6-24(7-9-29)25-12-16-42(17-13-25)30-10-14-32(15-11-30,26-4-2-1-3-5-26)22-31(43)20-23-18-27(33(36,37)38)21-28(19-23)34(39,40)41/h1-9,18-19,21,25,30H,10-17,20,22H2. The molecule has 0 N–H and O–H groups in total. The lowest BCUT2D eigenvalue weighted by Crippen LogP contribution is -2.46. The minimum atomic E-state index is -4.96. The summed E-state index contributed by atoms with van der Waals surface area (Å²) in [6.45, 7) is 1.84. The summed E-state index contributed by atoms with van der Waals surface area (Å²) in [4.78, 5) is 15.8. The number of halogens is 7. The molecule has 1 saturated heterocycles. The first kappa shape index (κ1) is 31.2. The molecule has 0 amide bonds. The summed E-state index contributed by atoms with van der Waals surface area (Å²) < 4.78 is 93.6. The van der Waals surface area contributed by atoms with E-state index in [1.165, 1.54) is 12.1 Å². The summed E-state index contributed by atoms with van der Waals surface area (Å²) in [5.74, 6) is -0.241. The molecule has 5 rings (SSSR count). The fourth-order valence-corrected chi connectivity index (χ4v) is 7.00. The molecular weight excluding hydrogens is 571 g/mol. The van der Waals surface area contributed by atoms with Crippen LogP contribution < -0.4 is 0 Å². The molecule has 3 aromatic carbocycles. The van der Waals surface area contributed by atoms with Crippen molar-refractivity contribution in [3.63, 3.8) is 0 Å². The maximum Gasteiger partial charge on any atom is 0.416 e. The van der Waals surface area contributed by atoms with E-state index in [-0.39, 0.29) is 29.7 Å². The van der Waals surface area contributed by atoms with Crippen molar-refractivity contribution in [1.29, 1.82) is 0 Å². The number of Topliss-reactive ketones (excluding diaryl/α,β-unsaturated/α-hetero) is 1. The quantitative estimate of drug-likeness (QED) is 0.251. The number of ketones is 1. The number of carbonyl (C=O) groups is 1. The summed E-state index contributed by atoms with van der Waals surface area (Å²) in [5, 5.41) is 0. The molecule has 230 valence electrons. The first-order chi connectivity index (χ1) is 20.3. The molecular formula is C34H34F7NO. The maximum atomic E-state index is 13.4. The van der Waals surface area contributed by atoms with Gasteiger partial charge in [0, 0.05) is 24.3 Å². The van der Waals surface area contributed by atoms with Gasteiger partial charge in [0.2, 0.25) is 0 Å². The Kier molecular flexibility index (Phi) is 9.02. The predicted molar refractivity (Wildman–Crippen MR) is 150 cm³/mol. The third-order valence-corrected chi connectivity index (χ3v) is 9.27. The Balaban J connectivity index is 1.27. The van der Waals surface area contributed by atoms with Gasteiger partial charge in [0.05, 0.1) is 11.1 Å². The smallest absolute Gasteiger partial charge is 0.300 e. The van der Waals surface area contributed by atoms with Crippen LogP contribution in [-0.4, -0.2) is 29.8 Å². The van der Waals surface area contributed by atoms with E-state index >= 15 is 0 Å². The van der Waals surface area contributed by atoms with Crippen molar-refractivity contribution in [1.82, 2.24) is 4.90 Å². The summed E-state index contributed by atoms with van der Waals surface area (Å²) in [7, 11) is 0. The topological polar surface area (TPSA) is 20.3 Å². The Morgan fingerprint density at radius 2 is 1.33 bits per heavy atom. The SMILES string of the molecule is O=C(Cc1cc(C(F)(F)F)cc(C(F)(F)F)c1)CC1(c2ccccc2)CCC(N2CCC(c3ccc(F)cc3)CC2)CC1. The van der Waals surface area contributed by atoms with Gasteiger partial charge in [0.1, 0.15) is 11.6 Å². The number of nitrogens with zero attached hydrogens (tertiary/aromatic N) is 1. The number of hydrogen-bond acceptors (Lipinski definition) is 2. The number of alkyl halides is 6. The molecule has 0 aromatic heterocycles. The Morgan fingerprint density at radius 3 is 1.86 bits per heavy atom. The lowest BCUT2D eigenvalue weighted by Gasteiger charge is -2.45. The van der Waals surface area contributed by atoms with Crippen LogP contribution in [0.4, 0.5) is 30.7 Å². The molecule has 1 saturated carbocycles. The third-order valence-electron chi connectivity index (χ3n) is 9.27. The summed E-state index contributed by atoms with van der Waals surface area (Å²) >= 11 is 0. The Labute approximate surface area is 246 Å². The Hall–Kier alpha value is -3.20. The van der Waals surface area contributed by atoms with Gasteiger partial charge < -0.3 is 4.90 Å². The van der Waals surface area contributed by atoms with Gasteiger partial charge in [0.15, 0.2) is 0 Å². The van der Waals surface area contributed by atoms with E-state index in [1.54, 1.807) is 0 Å². The fourth-order valence-electron chi connectivity index (χ4n) is 7.00. The molecule has 0 radical (unpaired) electrons. The summed E-state index contributed by atoms with van der Waals surface area (Å²) in [6.07, 6.45) is -5.36. The molecule has 9 heteroatoms. The van der Waals surface area contributed by atoms with Gasteiger partial charge in [0.25, 0.3) is 0 Å². The highest BCUT2D eigenvalue weighted by Gasteiger charge is 2.41. The van der Waals surface area contributed by atoms with Crippen LogP contribution in [0.15, 0.2) is 72.8 Å². The molecule has 1 heterocycles. The molecule has 2 aliphatic rings. The molecule has 1 aliphatic heterocycles. The van der Waals surface area contributed by atoms with Crippen LogP contribution in [0.5, 0.6) is 0 Å². The molecule has 2 nitrogen and oxygen atoms in total. The van der Waals surface area contributed by atoms with Gasteiger partial charge in [-0.2, -0.15) is 26.3 Å². The average Bonchev–Trinajstić information content (AvgIpc) is 2.97. The first-order valence-electron chi connectivity index (χ1n) is 14.7. The maximum absolute atomic E-state index is 13.4. The first-order valence-corrected chi connectivity index (χ1v) is 14.7. The van der Waals surface area contributed by atoms with E-state index in [2.05, 4.69) is 4.90 Å². The normalized spacial score (nSPS) is 22.4. The lowest BCUT2D eigenvalue weighted by atomic mass is 9.65. The van der Waals surface area contributed by atoms with E-state index in [0.717, 1.165) is 49.9 Å². The highest BCUT2D eigenvalue weighted by Crippen LogP contribution is 2.45. The number of likely N-dealkylation sites (tertiary alicyclic amines) is 1. The van der Waals surface area contributed by atoms with Crippen LogP contribution in [-0.2, 0) is 29.0 Å². The van der Waals surface area contributed by atoms with Crippen molar-refractivity contribution in [2.24, 2.45) is 0 Å². The van der Waals surface area contributed by atoms with E-state index in [0.29, 0.717) is 36.9 Å². The number of piperidine rings is 1. The highest BCUT2D eigenvalue weighted by atomic mass is 19.4. The minimum Gasteiger partial charge on any atom is -0.300 e. The van der Waals surface area contributed by atoms with E-state index in [1.807, 2.05) is 42.5 Å². The Bertz CT molecular complexity index is 1350. The van der Waals surface area contributed by atoms with Crippen LogP contribution in [0.3, 0.4) is 0 Å². The second-order valence-electron chi connectivity index (χ2n) is 12.0. The number of benzene rings is 3. The molecule has 3 aromatic rings. The zero-order valence-corrected chi connectivity index (χ0v) is 23.7. The number of rotatable bonds is 7. The molecule has 0 unspecified atom stereocenters. The summed E-state index contributed by atoms with van der Waals surface area (Å²) in [5.41, 5.74) is -1.52. The highest BCUT2D eigenvalue weighted by molar-refractivity contribution is 5.82. The van der Waals surface area contributed by atoms with Crippen LogP contribution in [0, 0.1) is 5.82 Å². The second-order valence-corrected chi connectivity index (χ2v) is 12.0. The minimum absolute atomic E-state index is 0.0496. The summed E-state index contributed by atoms with van der Waals surface area (Å²) in [6, 6.07) is 18.0. The molecule has 2 fully saturated rings. The lowest BCUT2D eigenvalue weighted by molar-refractivity contribution is -0.143. The third kappa shape index (κ3) is 7.48. The zero-order valence-electron chi connectivity index (χ0n) is 23.7. The van der Waals surface area contributed by atoms with Crippen molar-refractivity contribution in [2.75, 3.05) is 13.1 Å². The van der Waals surface area contributed by atoms with Crippen molar-refractivity contribution in [3.05, 3.63) is 106 Å². The van der Waals surface area contributed by atoms with Crippen LogP contribution in [0.1, 0.15) is 78.7 Å². The number of hydrogen-bond donors (Lipinski definition) is 0. The van der Waals surface area contributed by atoms with Crippen molar-refractivity contribution >= 4 is 5.78 Å². The van der Waals surface area contributed by atoms with Crippen molar-refractivity contribution in [2.45, 2.75) is 81.1 Å². The second kappa shape index (κ2) is 12.4.